The molecule has 1 aromatic carbocycles. The molecule has 2 rings (SSSR count). The molecule has 1 aromatic rings. The highest BCUT2D eigenvalue weighted by molar-refractivity contribution is 5.25. The van der Waals surface area contributed by atoms with Crippen LogP contribution in [0, 0.1) is 17.5 Å². The third kappa shape index (κ3) is 2.66. The molecule has 0 radical (unpaired) electrons. The molecule has 0 amide bonds. The second-order valence-electron chi connectivity index (χ2n) is 4.18. The van der Waals surface area contributed by atoms with Crippen molar-refractivity contribution >= 4 is 0 Å². The molecular weight excluding hydrogens is 245 g/mol. The average Bonchev–Trinajstić information content (AvgIpc) is 2.34. The van der Waals surface area contributed by atoms with Gasteiger partial charge in [-0.2, -0.15) is 0 Å². The Morgan fingerprint density at radius 2 is 1.72 bits per heavy atom. The standard InChI is InChI=1S/C12H15F3N2O/c13-8-5-9(14)12(10(15)6-8)11(7-16)17-1-3-18-4-2-17/h5-6,11H,1-4,7,16H2. The molecule has 1 atom stereocenters. The maximum atomic E-state index is 13.7. The minimum atomic E-state index is -0.925. The van der Waals surface area contributed by atoms with E-state index in [1.807, 2.05) is 4.90 Å². The minimum Gasteiger partial charge on any atom is -0.379 e. The quantitative estimate of drug-likeness (QED) is 0.893. The zero-order valence-electron chi connectivity index (χ0n) is 9.83. The van der Waals surface area contributed by atoms with Crippen molar-refractivity contribution in [3.05, 3.63) is 35.1 Å². The molecule has 0 saturated carbocycles. The lowest BCUT2D eigenvalue weighted by molar-refractivity contribution is 0.0164. The molecule has 0 aliphatic carbocycles. The van der Waals surface area contributed by atoms with Crippen LogP contribution < -0.4 is 5.73 Å². The molecule has 3 nitrogen and oxygen atoms in total. The Labute approximate surface area is 103 Å². The van der Waals surface area contributed by atoms with Gasteiger partial charge in [0.15, 0.2) is 0 Å². The average molecular weight is 260 g/mol. The molecule has 100 valence electrons. The first-order valence-corrected chi connectivity index (χ1v) is 5.79. The van der Waals surface area contributed by atoms with Crippen molar-refractivity contribution in [1.29, 1.82) is 0 Å². The van der Waals surface area contributed by atoms with Gasteiger partial charge >= 0.3 is 0 Å². The van der Waals surface area contributed by atoms with E-state index in [1.54, 1.807) is 0 Å². The zero-order valence-corrected chi connectivity index (χ0v) is 9.83. The van der Waals surface area contributed by atoms with Crippen LogP contribution in [0.2, 0.25) is 0 Å². The molecular formula is C12H15F3N2O. The predicted octanol–water partition coefficient (Wildman–Crippen LogP) is 1.44. The molecule has 0 bridgehead atoms. The van der Waals surface area contributed by atoms with E-state index in [0.29, 0.717) is 38.4 Å². The molecule has 1 heterocycles. The van der Waals surface area contributed by atoms with E-state index in [1.165, 1.54) is 0 Å². The van der Waals surface area contributed by atoms with Crippen LogP contribution in [0.25, 0.3) is 0 Å². The second-order valence-corrected chi connectivity index (χ2v) is 4.18. The van der Waals surface area contributed by atoms with Crippen LogP contribution in [0.1, 0.15) is 11.6 Å². The lowest BCUT2D eigenvalue weighted by atomic mass is 10.0. The highest BCUT2D eigenvalue weighted by Crippen LogP contribution is 2.26. The van der Waals surface area contributed by atoms with Crippen molar-refractivity contribution in [3.63, 3.8) is 0 Å². The molecule has 1 aliphatic rings. The summed E-state index contributed by atoms with van der Waals surface area (Å²) in [7, 11) is 0. The molecule has 1 fully saturated rings. The number of rotatable bonds is 3. The summed E-state index contributed by atoms with van der Waals surface area (Å²) in [5.74, 6) is -2.71. The number of ether oxygens (including phenoxy) is 1. The minimum absolute atomic E-state index is 0.0689. The van der Waals surface area contributed by atoms with Crippen LogP contribution in [-0.2, 0) is 4.74 Å². The van der Waals surface area contributed by atoms with Crippen molar-refractivity contribution in [1.82, 2.24) is 4.90 Å². The Hall–Kier alpha value is -1.11. The lowest BCUT2D eigenvalue weighted by Gasteiger charge is -2.34. The fourth-order valence-electron chi connectivity index (χ4n) is 2.21. The third-order valence-electron chi connectivity index (χ3n) is 3.09. The van der Waals surface area contributed by atoms with Crippen LogP contribution in [0.5, 0.6) is 0 Å². The molecule has 18 heavy (non-hydrogen) atoms. The highest BCUT2D eigenvalue weighted by Gasteiger charge is 2.27. The first kappa shape index (κ1) is 13.3. The van der Waals surface area contributed by atoms with Gasteiger partial charge in [-0.05, 0) is 0 Å². The summed E-state index contributed by atoms with van der Waals surface area (Å²) < 4.78 is 45.5. The SMILES string of the molecule is NCC(c1c(F)cc(F)cc1F)N1CCOCC1. The normalized spacial score (nSPS) is 18.9. The van der Waals surface area contributed by atoms with Crippen LogP contribution in [0.15, 0.2) is 12.1 Å². The van der Waals surface area contributed by atoms with Gasteiger partial charge in [0.05, 0.1) is 19.3 Å². The van der Waals surface area contributed by atoms with E-state index in [9.17, 15) is 13.2 Å². The van der Waals surface area contributed by atoms with E-state index >= 15 is 0 Å². The summed E-state index contributed by atoms with van der Waals surface area (Å²) in [6.07, 6.45) is 0. The number of hydrogen-bond acceptors (Lipinski definition) is 3. The maximum absolute atomic E-state index is 13.7. The van der Waals surface area contributed by atoms with Gasteiger partial charge < -0.3 is 10.5 Å². The van der Waals surface area contributed by atoms with Crippen molar-refractivity contribution in [2.45, 2.75) is 6.04 Å². The van der Waals surface area contributed by atoms with E-state index < -0.39 is 23.5 Å². The number of nitrogens with zero attached hydrogens (tertiary/aromatic N) is 1. The van der Waals surface area contributed by atoms with Gasteiger partial charge in [0.25, 0.3) is 0 Å². The highest BCUT2D eigenvalue weighted by atomic mass is 19.1. The fourth-order valence-corrected chi connectivity index (χ4v) is 2.21. The Morgan fingerprint density at radius 3 is 2.22 bits per heavy atom. The van der Waals surface area contributed by atoms with Crippen LogP contribution >= 0.6 is 0 Å². The molecule has 6 heteroatoms. The number of nitrogens with two attached hydrogens (primary N) is 1. The second kappa shape index (κ2) is 5.69. The molecule has 1 unspecified atom stereocenters. The van der Waals surface area contributed by atoms with Gasteiger partial charge in [0.1, 0.15) is 17.5 Å². The first-order valence-electron chi connectivity index (χ1n) is 5.79. The van der Waals surface area contributed by atoms with Gasteiger partial charge in [0.2, 0.25) is 0 Å². The number of hydrogen-bond donors (Lipinski definition) is 1. The summed E-state index contributed by atoms with van der Waals surface area (Å²) in [5, 5.41) is 0. The lowest BCUT2D eigenvalue weighted by Crippen LogP contribution is -2.42. The largest absolute Gasteiger partial charge is 0.379 e. The predicted molar refractivity (Wildman–Crippen MR) is 60.5 cm³/mol. The van der Waals surface area contributed by atoms with Crippen molar-refractivity contribution in [2.24, 2.45) is 5.73 Å². The van der Waals surface area contributed by atoms with E-state index in [0.717, 1.165) is 0 Å². The third-order valence-corrected chi connectivity index (χ3v) is 3.09. The van der Waals surface area contributed by atoms with Gasteiger partial charge in [0, 0.05) is 37.3 Å². The zero-order chi connectivity index (χ0) is 13.1. The Morgan fingerprint density at radius 1 is 1.17 bits per heavy atom. The van der Waals surface area contributed by atoms with Crippen molar-refractivity contribution in [2.75, 3.05) is 32.8 Å². The summed E-state index contributed by atoms with van der Waals surface area (Å²) >= 11 is 0. The van der Waals surface area contributed by atoms with Gasteiger partial charge in [-0.1, -0.05) is 0 Å². The van der Waals surface area contributed by atoms with Crippen LogP contribution in [0.3, 0.4) is 0 Å². The van der Waals surface area contributed by atoms with Crippen LogP contribution in [0.4, 0.5) is 13.2 Å². The number of benzene rings is 1. The van der Waals surface area contributed by atoms with E-state index in [2.05, 4.69) is 0 Å². The topological polar surface area (TPSA) is 38.5 Å². The Kier molecular flexibility index (Phi) is 4.21. The van der Waals surface area contributed by atoms with Crippen LogP contribution in [-0.4, -0.2) is 37.7 Å². The summed E-state index contributed by atoms with van der Waals surface area (Å²) in [4.78, 5) is 1.85. The van der Waals surface area contributed by atoms with E-state index in [4.69, 9.17) is 10.5 Å². The number of halogens is 3. The monoisotopic (exact) mass is 260 g/mol. The fraction of sp³-hybridized carbons (Fsp3) is 0.500. The van der Waals surface area contributed by atoms with Crippen molar-refractivity contribution in [3.8, 4) is 0 Å². The summed E-state index contributed by atoms with van der Waals surface area (Å²) in [6, 6.07) is 0.776. The van der Waals surface area contributed by atoms with Gasteiger partial charge in [-0.25, -0.2) is 13.2 Å². The molecule has 0 aromatic heterocycles. The van der Waals surface area contributed by atoms with Crippen molar-refractivity contribution < 1.29 is 17.9 Å². The smallest absolute Gasteiger partial charge is 0.133 e. The summed E-state index contributed by atoms with van der Waals surface area (Å²) in [5.41, 5.74) is 5.44. The molecule has 2 N–H and O–H groups in total. The van der Waals surface area contributed by atoms with E-state index in [-0.39, 0.29) is 12.1 Å². The molecule has 1 aliphatic heterocycles. The maximum Gasteiger partial charge on any atom is 0.133 e. The summed E-state index contributed by atoms with van der Waals surface area (Å²) in [6.45, 7) is 2.18. The first-order chi connectivity index (χ1) is 8.63. The Balaban J connectivity index is 2.32. The Bertz CT molecular complexity index is 399. The molecule has 0 spiro atoms. The number of morpholine rings is 1. The van der Waals surface area contributed by atoms with Gasteiger partial charge in [-0.3, -0.25) is 4.90 Å². The molecule has 1 saturated heterocycles. The van der Waals surface area contributed by atoms with Gasteiger partial charge in [-0.15, -0.1) is 0 Å².